The molecule has 0 unspecified atom stereocenters. The van der Waals surface area contributed by atoms with E-state index in [-0.39, 0.29) is 12.2 Å². The Balaban J connectivity index is 2.26. The number of unbranched alkanes of at least 4 members (excludes halogenated alkanes) is 2. The SMILES string of the molecule is CCn1c(SCCCCCO)nc2ccc(F)cc2c1=O. The van der Waals surface area contributed by atoms with E-state index < -0.39 is 5.82 Å². The van der Waals surface area contributed by atoms with E-state index in [9.17, 15) is 9.18 Å². The fourth-order valence-corrected chi connectivity index (χ4v) is 3.18. The Hall–Kier alpha value is -1.40. The highest BCUT2D eigenvalue weighted by Crippen LogP contribution is 2.19. The fourth-order valence-electron chi connectivity index (χ4n) is 2.12. The van der Waals surface area contributed by atoms with Crippen molar-refractivity contribution in [3.8, 4) is 0 Å². The average Bonchev–Trinajstić information content (AvgIpc) is 2.48. The van der Waals surface area contributed by atoms with Gasteiger partial charge < -0.3 is 5.11 Å². The molecule has 0 fully saturated rings. The van der Waals surface area contributed by atoms with Gasteiger partial charge in [-0.15, -0.1) is 0 Å². The first-order valence-corrected chi connectivity index (χ1v) is 8.09. The van der Waals surface area contributed by atoms with Gasteiger partial charge in [0.05, 0.1) is 10.9 Å². The van der Waals surface area contributed by atoms with E-state index in [1.807, 2.05) is 6.92 Å². The van der Waals surface area contributed by atoms with Gasteiger partial charge in [0, 0.05) is 18.9 Å². The fraction of sp³-hybridized carbons (Fsp3) is 0.467. The van der Waals surface area contributed by atoms with E-state index in [1.54, 1.807) is 10.6 Å². The number of aliphatic hydroxyl groups is 1. The highest BCUT2D eigenvalue weighted by molar-refractivity contribution is 7.99. The van der Waals surface area contributed by atoms with Crippen LogP contribution in [0.3, 0.4) is 0 Å². The van der Waals surface area contributed by atoms with Crippen LogP contribution in [-0.2, 0) is 6.54 Å². The molecular weight excluding hydrogens is 291 g/mol. The third-order valence-corrected chi connectivity index (χ3v) is 4.29. The van der Waals surface area contributed by atoms with Crippen molar-refractivity contribution >= 4 is 22.7 Å². The van der Waals surface area contributed by atoms with Crippen molar-refractivity contribution < 1.29 is 9.50 Å². The molecular formula is C15H19FN2O2S. The van der Waals surface area contributed by atoms with Gasteiger partial charge in [-0.05, 0) is 38.0 Å². The molecule has 0 aliphatic heterocycles. The first kappa shape index (κ1) is 16.0. The number of aliphatic hydroxyl groups excluding tert-OH is 1. The minimum absolute atomic E-state index is 0.195. The van der Waals surface area contributed by atoms with Crippen molar-refractivity contribution in [2.45, 2.75) is 37.9 Å². The molecule has 6 heteroatoms. The summed E-state index contributed by atoms with van der Waals surface area (Å²) >= 11 is 1.53. The van der Waals surface area contributed by atoms with Crippen LogP contribution in [0.5, 0.6) is 0 Å². The second kappa shape index (κ2) is 7.56. The van der Waals surface area contributed by atoms with Gasteiger partial charge in [0.25, 0.3) is 5.56 Å². The summed E-state index contributed by atoms with van der Waals surface area (Å²) < 4.78 is 14.9. The normalized spacial score (nSPS) is 11.2. The molecule has 0 bridgehead atoms. The second-order valence-corrected chi connectivity index (χ2v) is 5.80. The summed E-state index contributed by atoms with van der Waals surface area (Å²) in [6.07, 6.45) is 2.72. The topological polar surface area (TPSA) is 55.1 Å². The van der Waals surface area contributed by atoms with Gasteiger partial charge in [-0.2, -0.15) is 0 Å². The minimum atomic E-state index is -0.423. The van der Waals surface area contributed by atoms with Crippen molar-refractivity contribution in [1.82, 2.24) is 9.55 Å². The van der Waals surface area contributed by atoms with Crippen LogP contribution < -0.4 is 5.56 Å². The standard InChI is InChI=1S/C15H19FN2O2S/c1-2-18-14(20)12-10-11(16)6-7-13(12)17-15(18)21-9-5-3-4-8-19/h6-7,10,19H,2-5,8-9H2,1H3. The molecule has 2 rings (SSSR count). The molecule has 21 heavy (non-hydrogen) atoms. The van der Waals surface area contributed by atoms with Crippen LogP contribution in [-0.4, -0.2) is 27.0 Å². The maximum Gasteiger partial charge on any atom is 0.262 e. The van der Waals surface area contributed by atoms with Crippen molar-refractivity contribution in [2.75, 3.05) is 12.4 Å². The second-order valence-electron chi connectivity index (χ2n) is 4.74. The molecule has 0 saturated heterocycles. The zero-order valence-electron chi connectivity index (χ0n) is 12.0. The van der Waals surface area contributed by atoms with Gasteiger partial charge in [-0.3, -0.25) is 9.36 Å². The molecule has 0 aliphatic carbocycles. The third kappa shape index (κ3) is 3.83. The van der Waals surface area contributed by atoms with Crippen LogP contribution >= 0.6 is 11.8 Å². The molecule has 0 radical (unpaired) electrons. The highest BCUT2D eigenvalue weighted by Gasteiger charge is 2.11. The highest BCUT2D eigenvalue weighted by atomic mass is 32.2. The first-order valence-electron chi connectivity index (χ1n) is 7.11. The zero-order valence-corrected chi connectivity index (χ0v) is 12.8. The van der Waals surface area contributed by atoms with Gasteiger partial charge in [0.1, 0.15) is 5.82 Å². The van der Waals surface area contributed by atoms with E-state index in [2.05, 4.69) is 4.98 Å². The van der Waals surface area contributed by atoms with Crippen LogP contribution in [0.2, 0.25) is 0 Å². The summed E-state index contributed by atoms with van der Waals surface area (Å²) in [6.45, 7) is 2.60. The molecule has 1 aromatic heterocycles. The number of rotatable bonds is 7. The summed E-state index contributed by atoms with van der Waals surface area (Å²) in [7, 11) is 0. The van der Waals surface area contributed by atoms with E-state index in [0.29, 0.717) is 22.6 Å². The predicted octanol–water partition coefficient (Wildman–Crippen LogP) is 2.81. The van der Waals surface area contributed by atoms with E-state index in [4.69, 9.17) is 5.11 Å². The van der Waals surface area contributed by atoms with Crippen LogP contribution in [0.15, 0.2) is 28.2 Å². The number of fused-ring (bicyclic) bond motifs is 1. The third-order valence-electron chi connectivity index (χ3n) is 3.23. The summed E-state index contributed by atoms with van der Waals surface area (Å²) in [4.78, 5) is 16.9. The molecule has 0 amide bonds. The molecule has 1 N–H and O–H groups in total. The van der Waals surface area contributed by atoms with E-state index in [1.165, 1.54) is 23.9 Å². The Labute approximate surface area is 127 Å². The van der Waals surface area contributed by atoms with Gasteiger partial charge in [-0.1, -0.05) is 18.2 Å². The van der Waals surface area contributed by atoms with Crippen molar-refractivity contribution in [2.24, 2.45) is 0 Å². The summed E-state index contributed by atoms with van der Waals surface area (Å²) in [5.74, 6) is 0.424. The number of nitrogens with zero attached hydrogens (tertiary/aromatic N) is 2. The lowest BCUT2D eigenvalue weighted by atomic mass is 10.2. The summed E-state index contributed by atoms with van der Waals surface area (Å²) in [6, 6.07) is 4.11. The van der Waals surface area contributed by atoms with Crippen LogP contribution in [0.4, 0.5) is 4.39 Å². The van der Waals surface area contributed by atoms with Gasteiger partial charge in [0.15, 0.2) is 5.16 Å². The average molecular weight is 310 g/mol. The Morgan fingerprint density at radius 3 is 2.86 bits per heavy atom. The van der Waals surface area contributed by atoms with Crippen molar-refractivity contribution in [3.63, 3.8) is 0 Å². The van der Waals surface area contributed by atoms with Crippen LogP contribution in [0.25, 0.3) is 10.9 Å². The number of aromatic nitrogens is 2. The number of hydrogen-bond acceptors (Lipinski definition) is 4. The first-order chi connectivity index (χ1) is 10.2. The van der Waals surface area contributed by atoms with E-state index >= 15 is 0 Å². The molecule has 0 aliphatic rings. The number of hydrogen-bond donors (Lipinski definition) is 1. The molecule has 0 saturated carbocycles. The lowest BCUT2D eigenvalue weighted by Gasteiger charge is -2.11. The van der Waals surface area contributed by atoms with Crippen molar-refractivity contribution in [3.05, 3.63) is 34.4 Å². The predicted molar refractivity (Wildman–Crippen MR) is 83.3 cm³/mol. The molecule has 0 spiro atoms. The summed E-state index contributed by atoms with van der Waals surface area (Å²) in [5.41, 5.74) is 0.337. The molecule has 1 aromatic carbocycles. The quantitative estimate of drug-likeness (QED) is 0.485. The number of benzene rings is 1. The molecule has 1 heterocycles. The lowest BCUT2D eigenvalue weighted by molar-refractivity contribution is 0.284. The molecule has 114 valence electrons. The Bertz CT molecular complexity index is 673. The Morgan fingerprint density at radius 2 is 2.14 bits per heavy atom. The maximum absolute atomic E-state index is 13.3. The Kier molecular flexibility index (Phi) is 5.76. The largest absolute Gasteiger partial charge is 0.396 e. The lowest BCUT2D eigenvalue weighted by Crippen LogP contribution is -2.22. The minimum Gasteiger partial charge on any atom is -0.396 e. The van der Waals surface area contributed by atoms with E-state index in [0.717, 1.165) is 25.0 Å². The van der Waals surface area contributed by atoms with Gasteiger partial charge >= 0.3 is 0 Å². The van der Waals surface area contributed by atoms with Crippen molar-refractivity contribution in [1.29, 1.82) is 0 Å². The summed E-state index contributed by atoms with van der Waals surface area (Å²) in [5, 5.41) is 9.74. The maximum atomic E-state index is 13.3. The molecule has 2 aromatic rings. The monoisotopic (exact) mass is 310 g/mol. The van der Waals surface area contributed by atoms with Gasteiger partial charge in [-0.25, -0.2) is 9.37 Å². The smallest absolute Gasteiger partial charge is 0.262 e. The Morgan fingerprint density at radius 1 is 1.33 bits per heavy atom. The number of halogens is 1. The number of thioether (sulfide) groups is 1. The zero-order chi connectivity index (χ0) is 15.2. The van der Waals surface area contributed by atoms with Crippen LogP contribution in [0.1, 0.15) is 26.2 Å². The van der Waals surface area contributed by atoms with Gasteiger partial charge in [0.2, 0.25) is 0 Å². The molecule has 0 atom stereocenters. The van der Waals surface area contributed by atoms with Crippen LogP contribution in [0, 0.1) is 5.82 Å². The molecule has 4 nitrogen and oxygen atoms in total.